The van der Waals surface area contributed by atoms with Crippen molar-refractivity contribution in [3.8, 4) is 5.69 Å². The van der Waals surface area contributed by atoms with Gasteiger partial charge in [-0.05, 0) is 87.9 Å². The maximum atomic E-state index is 5.79. The van der Waals surface area contributed by atoms with Crippen LogP contribution in [0.15, 0.2) is 54.7 Å². The van der Waals surface area contributed by atoms with Gasteiger partial charge in [-0.1, -0.05) is 6.07 Å². The minimum absolute atomic E-state index is 0.00810. The summed E-state index contributed by atoms with van der Waals surface area (Å²) in [5, 5.41) is 4.35. The van der Waals surface area contributed by atoms with Crippen LogP contribution in [0.5, 0.6) is 0 Å². The summed E-state index contributed by atoms with van der Waals surface area (Å²) in [7, 11) is 0. The van der Waals surface area contributed by atoms with Gasteiger partial charge >= 0.3 is 0 Å². The van der Waals surface area contributed by atoms with Gasteiger partial charge in [-0.25, -0.2) is 0 Å². The molecule has 0 radical (unpaired) electrons. The first kappa shape index (κ1) is 22.9. The van der Waals surface area contributed by atoms with Gasteiger partial charge in [0.15, 0.2) is 5.11 Å². The highest BCUT2D eigenvalue weighted by Gasteiger charge is 2.42. The number of ether oxygens (including phenoxy) is 1. The molecule has 1 aromatic carbocycles. The Labute approximate surface area is 207 Å². The van der Waals surface area contributed by atoms with Crippen LogP contribution in [0.25, 0.3) is 5.69 Å². The van der Waals surface area contributed by atoms with Crippen LogP contribution < -0.4 is 10.2 Å². The summed E-state index contributed by atoms with van der Waals surface area (Å²) in [5.74, 6) is 0. The lowest BCUT2D eigenvalue weighted by Gasteiger charge is -2.31. The fourth-order valence-electron chi connectivity index (χ4n) is 5.37. The normalized spacial score (nSPS) is 20.8. The van der Waals surface area contributed by atoms with Gasteiger partial charge in [0.05, 0.1) is 31.0 Å². The maximum absolute atomic E-state index is 5.79. The van der Waals surface area contributed by atoms with Crippen molar-refractivity contribution in [2.75, 3.05) is 31.2 Å². The van der Waals surface area contributed by atoms with E-state index in [1.165, 1.54) is 28.3 Å². The Morgan fingerprint density at radius 1 is 1.03 bits per heavy atom. The highest BCUT2D eigenvalue weighted by atomic mass is 32.1. The molecule has 2 aromatic heterocycles. The number of pyridine rings is 1. The third kappa shape index (κ3) is 4.07. The molecule has 34 heavy (non-hydrogen) atoms. The van der Waals surface area contributed by atoms with Crippen molar-refractivity contribution in [1.82, 2.24) is 19.8 Å². The second kappa shape index (κ2) is 9.39. The number of nitrogens with one attached hydrogen (secondary N) is 1. The third-order valence-electron chi connectivity index (χ3n) is 6.96. The molecule has 178 valence electrons. The summed E-state index contributed by atoms with van der Waals surface area (Å²) in [4.78, 5) is 9.37. The molecule has 0 saturated carbocycles. The molecule has 0 spiro atoms. The van der Waals surface area contributed by atoms with Crippen LogP contribution >= 0.6 is 12.2 Å². The van der Waals surface area contributed by atoms with E-state index in [4.69, 9.17) is 17.0 Å². The molecule has 2 fully saturated rings. The monoisotopic (exact) mass is 475 g/mol. The highest BCUT2D eigenvalue weighted by Crippen LogP contribution is 2.42. The Morgan fingerprint density at radius 3 is 2.38 bits per heavy atom. The fourth-order valence-corrected chi connectivity index (χ4v) is 5.82. The van der Waals surface area contributed by atoms with Crippen molar-refractivity contribution < 1.29 is 4.74 Å². The van der Waals surface area contributed by atoms with E-state index in [9.17, 15) is 0 Å². The van der Waals surface area contributed by atoms with E-state index in [0.29, 0.717) is 0 Å². The summed E-state index contributed by atoms with van der Waals surface area (Å²) in [6.45, 7) is 12.3. The van der Waals surface area contributed by atoms with Gasteiger partial charge < -0.3 is 24.4 Å². The fraction of sp³-hybridized carbons (Fsp3) is 0.407. The maximum Gasteiger partial charge on any atom is 0.170 e. The van der Waals surface area contributed by atoms with Crippen LogP contribution in [-0.4, -0.2) is 51.9 Å². The molecule has 2 atom stereocenters. The SMILES string of the molecule is Cc1cc([C@H]2[C@@H](c3ccccn3)NC(=S)N2C(C)C)c(C)n1-c1ccc(N2CCOCC2)cc1. The molecular formula is C27H33N5OS. The second-order valence-electron chi connectivity index (χ2n) is 9.41. The molecule has 7 heteroatoms. The first-order valence-corrected chi connectivity index (χ1v) is 12.5. The lowest BCUT2D eigenvalue weighted by Crippen LogP contribution is -2.36. The summed E-state index contributed by atoms with van der Waals surface area (Å²) in [6.07, 6.45) is 1.86. The predicted octanol–water partition coefficient (Wildman–Crippen LogP) is 4.71. The number of anilines is 1. The number of aromatic nitrogens is 2. The lowest BCUT2D eigenvalue weighted by molar-refractivity contribution is 0.122. The number of hydrogen-bond donors (Lipinski definition) is 1. The van der Waals surface area contributed by atoms with Gasteiger partial charge in [0.25, 0.3) is 0 Å². The molecule has 3 aromatic rings. The van der Waals surface area contributed by atoms with Crippen molar-refractivity contribution in [3.05, 3.63) is 77.4 Å². The largest absolute Gasteiger partial charge is 0.378 e. The zero-order valence-electron chi connectivity index (χ0n) is 20.4. The zero-order valence-corrected chi connectivity index (χ0v) is 21.2. The minimum Gasteiger partial charge on any atom is -0.378 e. The average Bonchev–Trinajstić information content (AvgIpc) is 3.35. The molecule has 5 rings (SSSR count). The molecule has 6 nitrogen and oxygen atoms in total. The highest BCUT2D eigenvalue weighted by molar-refractivity contribution is 7.80. The molecule has 2 aliphatic rings. The summed E-state index contributed by atoms with van der Waals surface area (Å²) in [5.41, 5.74) is 7.18. The van der Waals surface area contributed by atoms with Crippen LogP contribution in [0.4, 0.5) is 5.69 Å². The van der Waals surface area contributed by atoms with Gasteiger partial charge in [0, 0.05) is 48.1 Å². The van der Waals surface area contributed by atoms with Crippen molar-refractivity contribution >= 4 is 23.0 Å². The van der Waals surface area contributed by atoms with Crippen molar-refractivity contribution in [3.63, 3.8) is 0 Å². The molecule has 2 saturated heterocycles. The lowest BCUT2D eigenvalue weighted by atomic mass is 9.96. The summed E-state index contributed by atoms with van der Waals surface area (Å²) < 4.78 is 7.86. The Balaban J connectivity index is 1.52. The number of rotatable bonds is 5. The summed E-state index contributed by atoms with van der Waals surface area (Å²) in [6, 6.07) is 17.7. The summed E-state index contributed by atoms with van der Waals surface area (Å²) >= 11 is 5.79. The number of benzene rings is 1. The topological polar surface area (TPSA) is 45.6 Å². The number of thiocarbonyl (C=S) groups is 1. The smallest absolute Gasteiger partial charge is 0.170 e. The van der Waals surface area contributed by atoms with E-state index in [1.54, 1.807) is 0 Å². The Bertz CT molecular complexity index is 1150. The molecule has 0 bridgehead atoms. The van der Waals surface area contributed by atoms with E-state index >= 15 is 0 Å². The van der Waals surface area contributed by atoms with Gasteiger partial charge in [0.2, 0.25) is 0 Å². The van der Waals surface area contributed by atoms with E-state index in [2.05, 4.69) is 88.8 Å². The van der Waals surface area contributed by atoms with Crippen LogP contribution in [0.1, 0.15) is 48.6 Å². The first-order chi connectivity index (χ1) is 16.5. The molecule has 4 heterocycles. The molecule has 0 amide bonds. The van der Waals surface area contributed by atoms with Crippen LogP contribution in [0, 0.1) is 13.8 Å². The average molecular weight is 476 g/mol. The van der Waals surface area contributed by atoms with Gasteiger partial charge in [-0.15, -0.1) is 0 Å². The van der Waals surface area contributed by atoms with E-state index in [1.807, 2.05) is 18.3 Å². The Kier molecular flexibility index (Phi) is 6.32. The number of morpholine rings is 1. The standard InChI is InChI=1S/C27H33N5OS/c1-18(2)31-26(25(29-27(31)34)24-7-5-6-12-28-24)23-17-19(3)32(20(23)4)22-10-8-21(9-11-22)30-13-15-33-16-14-30/h5-12,17-18,25-26H,13-16H2,1-4H3,(H,29,34)/t25-,26+/m1/s1. The number of aryl methyl sites for hydroxylation is 1. The van der Waals surface area contributed by atoms with Gasteiger partial charge in [-0.2, -0.15) is 0 Å². The third-order valence-corrected chi connectivity index (χ3v) is 7.29. The quantitative estimate of drug-likeness (QED) is 0.540. The van der Waals surface area contributed by atoms with Crippen LogP contribution in [-0.2, 0) is 4.74 Å². The molecule has 0 unspecified atom stereocenters. The number of hydrogen-bond acceptors (Lipinski definition) is 4. The Hall–Kier alpha value is -2.90. The van der Waals surface area contributed by atoms with Crippen molar-refractivity contribution in [2.24, 2.45) is 0 Å². The Morgan fingerprint density at radius 2 is 1.74 bits per heavy atom. The molecular weight excluding hydrogens is 442 g/mol. The molecule has 0 aliphatic carbocycles. The van der Waals surface area contributed by atoms with E-state index in [-0.39, 0.29) is 18.1 Å². The molecule has 1 N–H and O–H groups in total. The predicted molar refractivity (Wildman–Crippen MR) is 141 cm³/mol. The first-order valence-electron chi connectivity index (χ1n) is 12.1. The van der Waals surface area contributed by atoms with Crippen LogP contribution in [0.2, 0.25) is 0 Å². The van der Waals surface area contributed by atoms with E-state index in [0.717, 1.165) is 37.1 Å². The van der Waals surface area contributed by atoms with E-state index < -0.39 is 0 Å². The van der Waals surface area contributed by atoms with Gasteiger partial charge in [-0.3, -0.25) is 4.98 Å². The number of nitrogens with zero attached hydrogens (tertiary/aromatic N) is 4. The molecule has 2 aliphatic heterocycles. The van der Waals surface area contributed by atoms with Crippen LogP contribution in [0.3, 0.4) is 0 Å². The van der Waals surface area contributed by atoms with Crippen molar-refractivity contribution in [2.45, 2.75) is 45.8 Å². The van der Waals surface area contributed by atoms with Gasteiger partial charge in [0.1, 0.15) is 0 Å². The van der Waals surface area contributed by atoms with Crippen molar-refractivity contribution in [1.29, 1.82) is 0 Å². The second-order valence-corrected chi connectivity index (χ2v) is 9.79. The minimum atomic E-state index is 0.00810. The zero-order chi connectivity index (χ0) is 23.8.